The third-order valence-corrected chi connectivity index (χ3v) is 3.26. The van der Waals surface area contributed by atoms with Gasteiger partial charge in [0.1, 0.15) is 0 Å². The van der Waals surface area contributed by atoms with E-state index in [9.17, 15) is 4.79 Å². The molecule has 0 aliphatic rings. The van der Waals surface area contributed by atoms with Gasteiger partial charge in [-0.3, -0.25) is 4.79 Å². The van der Waals surface area contributed by atoms with Crippen LogP contribution in [0, 0.1) is 11.3 Å². The van der Waals surface area contributed by atoms with Gasteiger partial charge in [-0.15, -0.1) is 0 Å². The van der Waals surface area contributed by atoms with Crippen LogP contribution < -0.4 is 4.90 Å². The summed E-state index contributed by atoms with van der Waals surface area (Å²) in [6.45, 7) is 3.05. The third kappa shape index (κ3) is 3.47. The Morgan fingerprint density at radius 3 is 2.56 bits per heavy atom. The Kier molecular flexibility index (Phi) is 5.17. The third-order valence-electron chi connectivity index (χ3n) is 2.62. The van der Waals surface area contributed by atoms with Gasteiger partial charge in [0.2, 0.25) is 5.91 Å². The topological polar surface area (TPSA) is 47.3 Å². The van der Waals surface area contributed by atoms with Crippen molar-refractivity contribution in [2.24, 2.45) is 0 Å². The summed E-state index contributed by atoms with van der Waals surface area (Å²) in [4.78, 5) is 15.3. The fraction of sp³-hybridized carbons (Fsp3) is 0.385. The van der Waals surface area contributed by atoms with Crippen LogP contribution in [0.5, 0.6) is 0 Å². The van der Waals surface area contributed by atoms with E-state index in [2.05, 4.69) is 22.0 Å². The zero-order valence-electron chi connectivity index (χ0n) is 10.8. The molecule has 1 aromatic rings. The minimum absolute atomic E-state index is 0.0492. The number of benzene rings is 1. The van der Waals surface area contributed by atoms with Crippen molar-refractivity contribution in [1.82, 2.24) is 4.90 Å². The molecule has 1 aromatic carbocycles. The zero-order chi connectivity index (χ0) is 13.7. The highest BCUT2D eigenvalue weighted by molar-refractivity contribution is 9.10. The summed E-state index contributed by atoms with van der Waals surface area (Å²) in [5.74, 6) is 0.0492. The van der Waals surface area contributed by atoms with E-state index in [-0.39, 0.29) is 5.91 Å². The molecule has 0 heterocycles. The van der Waals surface area contributed by atoms with Gasteiger partial charge in [0.25, 0.3) is 0 Å². The van der Waals surface area contributed by atoms with Gasteiger partial charge in [-0.2, -0.15) is 5.26 Å². The quantitative estimate of drug-likeness (QED) is 0.857. The van der Waals surface area contributed by atoms with Crippen molar-refractivity contribution >= 4 is 27.5 Å². The summed E-state index contributed by atoms with van der Waals surface area (Å²) in [5, 5.41) is 8.82. The van der Waals surface area contributed by atoms with Crippen LogP contribution in [0.4, 0.5) is 5.69 Å². The van der Waals surface area contributed by atoms with Crippen molar-refractivity contribution in [2.45, 2.75) is 6.92 Å². The van der Waals surface area contributed by atoms with Gasteiger partial charge in [-0.25, -0.2) is 0 Å². The molecule has 0 spiro atoms. The lowest BCUT2D eigenvalue weighted by molar-refractivity contribution is -0.127. The Hall–Kier alpha value is -1.54. The summed E-state index contributed by atoms with van der Waals surface area (Å²) < 4.78 is 0.829. The van der Waals surface area contributed by atoms with Crippen LogP contribution in [0.2, 0.25) is 0 Å². The SMILES string of the molecule is CCN(CC(=O)N(C)C)c1ccc(C#N)cc1Br. The second kappa shape index (κ2) is 6.41. The average Bonchev–Trinajstić information content (AvgIpc) is 2.35. The molecule has 0 N–H and O–H groups in total. The number of hydrogen-bond acceptors (Lipinski definition) is 3. The zero-order valence-corrected chi connectivity index (χ0v) is 12.4. The maximum absolute atomic E-state index is 11.7. The van der Waals surface area contributed by atoms with E-state index in [1.807, 2.05) is 17.9 Å². The molecule has 1 rings (SSSR count). The number of rotatable bonds is 4. The van der Waals surface area contributed by atoms with Gasteiger partial charge in [0.15, 0.2) is 0 Å². The maximum Gasteiger partial charge on any atom is 0.241 e. The maximum atomic E-state index is 11.7. The second-order valence-electron chi connectivity index (χ2n) is 4.08. The first kappa shape index (κ1) is 14.5. The van der Waals surface area contributed by atoms with E-state index >= 15 is 0 Å². The molecule has 0 saturated heterocycles. The van der Waals surface area contributed by atoms with E-state index in [0.717, 1.165) is 16.7 Å². The van der Waals surface area contributed by atoms with E-state index in [1.165, 1.54) is 0 Å². The highest BCUT2D eigenvalue weighted by Gasteiger charge is 2.14. The fourth-order valence-corrected chi connectivity index (χ4v) is 2.13. The van der Waals surface area contributed by atoms with Crippen molar-refractivity contribution < 1.29 is 4.79 Å². The molecular formula is C13H16BrN3O. The largest absolute Gasteiger partial charge is 0.362 e. The molecule has 0 bridgehead atoms. The molecule has 0 saturated carbocycles. The molecule has 0 aliphatic heterocycles. The Morgan fingerprint density at radius 1 is 1.44 bits per heavy atom. The number of hydrogen-bond donors (Lipinski definition) is 0. The molecule has 0 atom stereocenters. The first-order valence-corrected chi connectivity index (χ1v) is 6.43. The molecular weight excluding hydrogens is 294 g/mol. The normalized spacial score (nSPS) is 9.72. The monoisotopic (exact) mass is 309 g/mol. The summed E-state index contributed by atoms with van der Waals surface area (Å²) in [7, 11) is 3.48. The van der Waals surface area contributed by atoms with Crippen LogP contribution in [0.25, 0.3) is 0 Å². The van der Waals surface area contributed by atoms with E-state index in [1.54, 1.807) is 31.1 Å². The number of anilines is 1. The molecule has 0 aliphatic carbocycles. The van der Waals surface area contributed by atoms with Gasteiger partial charge in [-0.05, 0) is 41.1 Å². The van der Waals surface area contributed by atoms with Crippen molar-refractivity contribution in [3.05, 3.63) is 28.2 Å². The van der Waals surface area contributed by atoms with Crippen LogP contribution in [-0.4, -0.2) is 38.0 Å². The van der Waals surface area contributed by atoms with Crippen LogP contribution in [0.3, 0.4) is 0 Å². The van der Waals surface area contributed by atoms with E-state index in [4.69, 9.17) is 5.26 Å². The molecule has 0 radical (unpaired) electrons. The summed E-state index contributed by atoms with van der Waals surface area (Å²) >= 11 is 3.44. The van der Waals surface area contributed by atoms with Crippen molar-refractivity contribution in [2.75, 3.05) is 32.1 Å². The van der Waals surface area contributed by atoms with Crippen LogP contribution in [0.1, 0.15) is 12.5 Å². The predicted octanol–water partition coefficient (Wildman–Crippen LogP) is 2.24. The Bertz CT molecular complexity index is 480. The molecule has 96 valence electrons. The lowest BCUT2D eigenvalue weighted by Crippen LogP contribution is -2.36. The number of nitriles is 1. The molecule has 4 nitrogen and oxygen atoms in total. The average molecular weight is 310 g/mol. The minimum atomic E-state index is 0.0492. The van der Waals surface area contributed by atoms with Crippen LogP contribution in [-0.2, 0) is 4.79 Å². The highest BCUT2D eigenvalue weighted by Crippen LogP contribution is 2.27. The van der Waals surface area contributed by atoms with Gasteiger partial charge in [0, 0.05) is 25.1 Å². The second-order valence-corrected chi connectivity index (χ2v) is 4.93. The standard InChI is InChI=1S/C13H16BrN3O/c1-4-17(9-13(18)16(2)3)12-6-5-10(8-15)7-11(12)14/h5-7H,4,9H2,1-3H3. The van der Waals surface area contributed by atoms with Crippen molar-refractivity contribution in [3.63, 3.8) is 0 Å². The van der Waals surface area contributed by atoms with Crippen LogP contribution in [0.15, 0.2) is 22.7 Å². The molecule has 0 unspecified atom stereocenters. The molecule has 5 heteroatoms. The number of likely N-dealkylation sites (N-methyl/N-ethyl adjacent to an activating group) is 2. The summed E-state index contributed by atoms with van der Waals surface area (Å²) in [6.07, 6.45) is 0. The fourth-order valence-electron chi connectivity index (χ4n) is 1.50. The number of carbonyl (C=O) groups excluding carboxylic acids is 1. The van der Waals surface area contributed by atoms with Gasteiger partial charge in [0.05, 0.1) is 23.9 Å². The predicted molar refractivity (Wildman–Crippen MR) is 75.4 cm³/mol. The van der Waals surface area contributed by atoms with Gasteiger partial charge < -0.3 is 9.80 Å². The number of halogens is 1. The molecule has 18 heavy (non-hydrogen) atoms. The van der Waals surface area contributed by atoms with Crippen LogP contribution >= 0.6 is 15.9 Å². The Balaban J connectivity index is 2.96. The first-order chi connectivity index (χ1) is 8.49. The molecule has 0 aromatic heterocycles. The number of nitrogens with zero attached hydrogens (tertiary/aromatic N) is 3. The smallest absolute Gasteiger partial charge is 0.241 e. The first-order valence-electron chi connectivity index (χ1n) is 5.64. The van der Waals surface area contributed by atoms with E-state index in [0.29, 0.717) is 12.1 Å². The Labute approximate surface area is 116 Å². The lowest BCUT2D eigenvalue weighted by atomic mass is 10.2. The van der Waals surface area contributed by atoms with Crippen molar-refractivity contribution in [1.29, 1.82) is 5.26 Å². The summed E-state index contributed by atoms with van der Waals surface area (Å²) in [5.41, 5.74) is 1.52. The van der Waals surface area contributed by atoms with E-state index < -0.39 is 0 Å². The minimum Gasteiger partial charge on any atom is -0.362 e. The van der Waals surface area contributed by atoms with Crippen molar-refractivity contribution in [3.8, 4) is 6.07 Å². The Morgan fingerprint density at radius 2 is 2.11 bits per heavy atom. The highest BCUT2D eigenvalue weighted by atomic mass is 79.9. The van der Waals surface area contributed by atoms with Gasteiger partial charge >= 0.3 is 0 Å². The molecule has 1 amide bonds. The lowest BCUT2D eigenvalue weighted by Gasteiger charge is -2.25. The van der Waals surface area contributed by atoms with Gasteiger partial charge in [-0.1, -0.05) is 0 Å². The molecule has 0 fully saturated rings. The number of amides is 1. The number of carbonyl (C=O) groups is 1. The summed E-state index contributed by atoms with van der Waals surface area (Å²) in [6, 6.07) is 7.46.